The summed E-state index contributed by atoms with van der Waals surface area (Å²) < 4.78 is 0. The minimum Gasteiger partial charge on any atom is -0.350 e. The van der Waals surface area contributed by atoms with Gasteiger partial charge in [-0.3, -0.25) is 14.6 Å². The molecular formula is C19H19Cl2N3O2. The lowest BCUT2D eigenvalue weighted by atomic mass is 9.95. The van der Waals surface area contributed by atoms with E-state index in [1.807, 2.05) is 18.2 Å². The topological polar surface area (TPSA) is 62.3 Å². The maximum Gasteiger partial charge on any atom is 0.255 e. The third-order valence-corrected chi connectivity index (χ3v) is 5.03. The third kappa shape index (κ3) is 4.54. The highest BCUT2D eigenvalue weighted by molar-refractivity contribution is 6.36. The molecule has 7 heteroatoms. The molecule has 1 fully saturated rings. The predicted octanol–water partition coefficient (Wildman–Crippen LogP) is 3.56. The zero-order chi connectivity index (χ0) is 18.5. The van der Waals surface area contributed by atoms with E-state index in [9.17, 15) is 9.59 Å². The molecule has 136 valence electrons. The van der Waals surface area contributed by atoms with E-state index in [0.29, 0.717) is 48.1 Å². The molecule has 26 heavy (non-hydrogen) atoms. The highest BCUT2D eigenvalue weighted by Crippen LogP contribution is 2.25. The summed E-state index contributed by atoms with van der Waals surface area (Å²) in [6.45, 7) is 1.47. The number of likely N-dealkylation sites (tertiary alicyclic amines) is 1. The van der Waals surface area contributed by atoms with E-state index >= 15 is 0 Å². The maximum atomic E-state index is 12.6. The van der Waals surface area contributed by atoms with Gasteiger partial charge in [-0.05, 0) is 43.2 Å². The minimum atomic E-state index is -0.126. The van der Waals surface area contributed by atoms with Crippen LogP contribution in [0.3, 0.4) is 0 Å². The molecule has 0 radical (unpaired) electrons. The number of benzene rings is 1. The number of carbonyl (C=O) groups excluding carboxylic acids is 2. The van der Waals surface area contributed by atoms with Crippen LogP contribution in [-0.4, -0.2) is 34.8 Å². The molecule has 0 atom stereocenters. The first kappa shape index (κ1) is 18.7. The molecule has 1 aliphatic heterocycles. The van der Waals surface area contributed by atoms with E-state index in [1.165, 1.54) is 0 Å². The zero-order valence-corrected chi connectivity index (χ0v) is 15.6. The van der Waals surface area contributed by atoms with Gasteiger partial charge in [0.1, 0.15) is 0 Å². The Balaban J connectivity index is 1.52. The van der Waals surface area contributed by atoms with Crippen molar-refractivity contribution < 1.29 is 9.59 Å². The minimum absolute atomic E-state index is 0.00674. The summed E-state index contributed by atoms with van der Waals surface area (Å²) in [6.07, 6.45) is 2.96. The van der Waals surface area contributed by atoms with Crippen molar-refractivity contribution in [3.8, 4) is 0 Å². The molecule has 1 N–H and O–H groups in total. The number of amides is 2. The van der Waals surface area contributed by atoms with Crippen LogP contribution >= 0.6 is 23.2 Å². The van der Waals surface area contributed by atoms with Crippen LogP contribution in [0.25, 0.3) is 0 Å². The molecule has 0 spiro atoms. The number of hydrogen-bond acceptors (Lipinski definition) is 3. The van der Waals surface area contributed by atoms with Gasteiger partial charge in [0.25, 0.3) is 5.91 Å². The molecule has 1 saturated heterocycles. The smallest absolute Gasteiger partial charge is 0.255 e. The number of rotatable bonds is 4. The molecule has 1 aromatic carbocycles. The molecule has 0 aliphatic carbocycles. The Morgan fingerprint density at radius 1 is 1.15 bits per heavy atom. The first-order valence-corrected chi connectivity index (χ1v) is 9.22. The number of nitrogens with one attached hydrogen (secondary N) is 1. The van der Waals surface area contributed by atoms with Crippen LogP contribution in [0.5, 0.6) is 0 Å². The Morgan fingerprint density at radius 3 is 2.58 bits per heavy atom. The van der Waals surface area contributed by atoms with Crippen LogP contribution in [0.15, 0.2) is 42.6 Å². The van der Waals surface area contributed by atoms with Crippen molar-refractivity contribution in [1.29, 1.82) is 0 Å². The average molecular weight is 392 g/mol. The van der Waals surface area contributed by atoms with Crippen molar-refractivity contribution in [2.75, 3.05) is 13.1 Å². The van der Waals surface area contributed by atoms with E-state index in [2.05, 4.69) is 10.3 Å². The molecule has 0 saturated carbocycles. The average Bonchev–Trinajstić information content (AvgIpc) is 2.66. The Bertz CT molecular complexity index is 791. The van der Waals surface area contributed by atoms with Gasteiger partial charge in [0, 0.05) is 30.2 Å². The van der Waals surface area contributed by atoms with Crippen LogP contribution in [-0.2, 0) is 11.3 Å². The van der Waals surface area contributed by atoms with Crippen molar-refractivity contribution in [2.45, 2.75) is 19.4 Å². The SMILES string of the molecule is O=C(NCc1ccccn1)C1CCN(C(=O)c2ccc(Cl)cc2Cl)CC1. The Hall–Kier alpha value is -2.11. The maximum absolute atomic E-state index is 12.6. The quantitative estimate of drug-likeness (QED) is 0.866. The zero-order valence-electron chi connectivity index (χ0n) is 14.1. The number of aromatic nitrogens is 1. The van der Waals surface area contributed by atoms with Gasteiger partial charge < -0.3 is 10.2 Å². The van der Waals surface area contributed by atoms with Crippen LogP contribution in [0, 0.1) is 5.92 Å². The second kappa shape index (κ2) is 8.52. The molecule has 1 aliphatic rings. The van der Waals surface area contributed by atoms with Crippen molar-refractivity contribution in [2.24, 2.45) is 5.92 Å². The summed E-state index contributed by atoms with van der Waals surface area (Å²) >= 11 is 12.0. The number of carbonyl (C=O) groups is 2. The Morgan fingerprint density at radius 2 is 1.92 bits per heavy atom. The number of halogens is 2. The van der Waals surface area contributed by atoms with Gasteiger partial charge in [0.2, 0.25) is 5.91 Å². The fraction of sp³-hybridized carbons (Fsp3) is 0.316. The highest BCUT2D eigenvalue weighted by Gasteiger charge is 2.28. The van der Waals surface area contributed by atoms with E-state index in [-0.39, 0.29) is 17.7 Å². The summed E-state index contributed by atoms with van der Waals surface area (Å²) in [6, 6.07) is 10.5. The summed E-state index contributed by atoms with van der Waals surface area (Å²) in [5.41, 5.74) is 1.26. The summed E-state index contributed by atoms with van der Waals surface area (Å²) in [4.78, 5) is 30.9. The molecular weight excluding hydrogens is 373 g/mol. The van der Waals surface area contributed by atoms with Crippen LogP contribution < -0.4 is 5.32 Å². The molecule has 0 unspecified atom stereocenters. The first-order valence-electron chi connectivity index (χ1n) is 8.46. The molecule has 0 bridgehead atoms. The molecule has 2 heterocycles. The Kier molecular flexibility index (Phi) is 6.12. The van der Waals surface area contributed by atoms with Gasteiger partial charge in [-0.1, -0.05) is 29.3 Å². The molecule has 1 aromatic heterocycles. The predicted molar refractivity (Wildman–Crippen MR) is 101 cm³/mol. The van der Waals surface area contributed by atoms with Gasteiger partial charge in [0.15, 0.2) is 0 Å². The van der Waals surface area contributed by atoms with Crippen molar-refractivity contribution >= 4 is 35.0 Å². The van der Waals surface area contributed by atoms with Gasteiger partial charge in [-0.25, -0.2) is 0 Å². The summed E-state index contributed by atoms with van der Waals surface area (Å²) in [5.74, 6) is -0.213. The van der Waals surface area contributed by atoms with Crippen molar-refractivity contribution in [3.63, 3.8) is 0 Å². The fourth-order valence-corrected chi connectivity index (χ4v) is 3.49. The number of hydrogen-bond donors (Lipinski definition) is 1. The third-order valence-electron chi connectivity index (χ3n) is 4.48. The van der Waals surface area contributed by atoms with Gasteiger partial charge in [-0.15, -0.1) is 0 Å². The van der Waals surface area contributed by atoms with Crippen LogP contribution in [0.4, 0.5) is 0 Å². The van der Waals surface area contributed by atoms with Gasteiger partial charge in [-0.2, -0.15) is 0 Å². The lowest BCUT2D eigenvalue weighted by molar-refractivity contribution is -0.126. The largest absolute Gasteiger partial charge is 0.350 e. The monoisotopic (exact) mass is 391 g/mol. The van der Waals surface area contributed by atoms with Gasteiger partial charge >= 0.3 is 0 Å². The number of pyridine rings is 1. The second-order valence-electron chi connectivity index (χ2n) is 6.23. The molecule has 2 amide bonds. The lowest BCUT2D eigenvalue weighted by Crippen LogP contribution is -2.43. The van der Waals surface area contributed by atoms with E-state index in [0.717, 1.165) is 5.69 Å². The highest BCUT2D eigenvalue weighted by atomic mass is 35.5. The van der Waals surface area contributed by atoms with E-state index in [4.69, 9.17) is 23.2 Å². The van der Waals surface area contributed by atoms with Crippen LogP contribution in [0.1, 0.15) is 28.9 Å². The van der Waals surface area contributed by atoms with Crippen molar-refractivity contribution in [3.05, 3.63) is 63.9 Å². The molecule has 5 nitrogen and oxygen atoms in total. The Labute approximate surface area is 162 Å². The normalized spacial score (nSPS) is 14.9. The number of nitrogens with zero attached hydrogens (tertiary/aromatic N) is 2. The van der Waals surface area contributed by atoms with Crippen molar-refractivity contribution in [1.82, 2.24) is 15.2 Å². The summed E-state index contributed by atoms with van der Waals surface area (Å²) in [5, 5.41) is 3.76. The standard InChI is InChI=1S/C19H19Cl2N3O2/c20-14-4-5-16(17(21)11-14)19(26)24-9-6-13(7-10-24)18(25)23-12-15-3-1-2-8-22-15/h1-5,8,11,13H,6-7,9-10,12H2,(H,23,25). The van der Waals surface area contributed by atoms with Gasteiger partial charge in [0.05, 0.1) is 22.8 Å². The van der Waals surface area contributed by atoms with E-state index in [1.54, 1.807) is 29.3 Å². The summed E-state index contributed by atoms with van der Waals surface area (Å²) in [7, 11) is 0. The number of piperidine rings is 1. The second-order valence-corrected chi connectivity index (χ2v) is 7.07. The molecule has 2 aromatic rings. The molecule has 3 rings (SSSR count). The fourth-order valence-electron chi connectivity index (χ4n) is 3.00. The van der Waals surface area contributed by atoms with E-state index < -0.39 is 0 Å². The first-order chi connectivity index (χ1) is 12.5. The van der Waals surface area contributed by atoms with Crippen LogP contribution in [0.2, 0.25) is 10.0 Å². The lowest BCUT2D eigenvalue weighted by Gasteiger charge is -2.31.